The molecule has 0 bridgehead atoms. The number of halogens is 2. The van der Waals surface area contributed by atoms with E-state index in [1.54, 1.807) is 18.2 Å². The number of aryl methyl sites for hydroxylation is 1. The normalized spacial score (nSPS) is 16.3. The van der Waals surface area contributed by atoms with E-state index in [0.717, 1.165) is 16.4 Å². The van der Waals surface area contributed by atoms with E-state index < -0.39 is 7.12 Å². The lowest BCUT2D eigenvalue weighted by Crippen LogP contribution is -2.34. The third kappa shape index (κ3) is 3.41. The highest BCUT2D eigenvalue weighted by Gasteiger charge is 2.38. The predicted octanol–water partition coefficient (Wildman–Crippen LogP) is 4.80. The molecule has 0 radical (unpaired) electrons. The van der Waals surface area contributed by atoms with Gasteiger partial charge in [-0.2, -0.15) is 0 Å². The molecule has 2 aromatic carbocycles. The van der Waals surface area contributed by atoms with Crippen molar-refractivity contribution in [2.75, 3.05) is 6.61 Å². The Labute approximate surface area is 167 Å². The fourth-order valence-electron chi connectivity index (χ4n) is 3.20. The van der Waals surface area contributed by atoms with Crippen molar-refractivity contribution in [3.63, 3.8) is 0 Å². The lowest BCUT2D eigenvalue weighted by molar-refractivity contribution is 0.101. The lowest BCUT2D eigenvalue weighted by atomic mass is 9.79. The first-order valence-electron chi connectivity index (χ1n) is 8.57. The summed E-state index contributed by atoms with van der Waals surface area (Å²) in [5.41, 5.74) is 2.25. The standard InChI is InChI=1S/C20H17BCl2O4/c1-11-14-6-4-12(21-25-10-20(2,3)27-21)8-17(14)26-19(11)18(24)15-7-5-13(22)9-16(15)23/h4-9H,10H2,1-3H3. The highest BCUT2D eigenvalue weighted by atomic mass is 35.5. The number of rotatable bonds is 3. The summed E-state index contributed by atoms with van der Waals surface area (Å²) in [6.07, 6.45) is 0. The molecule has 138 valence electrons. The highest BCUT2D eigenvalue weighted by Crippen LogP contribution is 2.30. The Hall–Kier alpha value is -1.79. The first-order valence-corrected chi connectivity index (χ1v) is 9.33. The second-order valence-corrected chi connectivity index (χ2v) is 8.13. The van der Waals surface area contributed by atoms with Gasteiger partial charge in [-0.05, 0) is 50.5 Å². The van der Waals surface area contributed by atoms with Crippen LogP contribution in [0.5, 0.6) is 0 Å². The molecule has 1 saturated heterocycles. The van der Waals surface area contributed by atoms with Crippen LogP contribution in [0.2, 0.25) is 10.0 Å². The molecule has 4 nitrogen and oxygen atoms in total. The Balaban J connectivity index is 1.72. The topological polar surface area (TPSA) is 48.7 Å². The number of hydrogen-bond acceptors (Lipinski definition) is 4. The SMILES string of the molecule is Cc1c(C(=O)c2ccc(Cl)cc2Cl)oc2cc(B3OCC(C)(C)O3)ccc12. The van der Waals surface area contributed by atoms with Crippen molar-refractivity contribution < 1.29 is 18.5 Å². The van der Waals surface area contributed by atoms with Crippen molar-refractivity contribution in [1.29, 1.82) is 0 Å². The molecule has 7 heteroatoms. The van der Waals surface area contributed by atoms with Gasteiger partial charge in [0.25, 0.3) is 0 Å². The molecule has 4 rings (SSSR count). The molecule has 0 unspecified atom stereocenters. The largest absolute Gasteiger partial charge is 0.494 e. The van der Waals surface area contributed by atoms with E-state index >= 15 is 0 Å². The number of carbonyl (C=O) groups excluding carboxylic acids is 1. The zero-order chi connectivity index (χ0) is 19.3. The summed E-state index contributed by atoms with van der Waals surface area (Å²) in [4.78, 5) is 12.9. The number of carbonyl (C=O) groups is 1. The first kappa shape index (κ1) is 18.6. The Kier molecular flexibility index (Phi) is 4.59. The summed E-state index contributed by atoms with van der Waals surface area (Å²) >= 11 is 12.1. The van der Waals surface area contributed by atoms with Crippen LogP contribution in [0.15, 0.2) is 40.8 Å². The summed E-state index contributed by atoms with van der Waals surface area (Å²) in [6, 6.07) is 10.5. The van der Waals surface area contributed by atoms with Crippen LogP contribution < -0.4 is 5.46 Å². The minimum absolute atomic E-state index is 0.264. The number of hydrogen-bond donors (Lipinski definition) is 0. The quantitative estimate of drug-likeness (QED) is 0.466. The van der Waals surface area contributed by atoms with Crippen LogP contribution in [0.4, 0.5) is 0 Å². The molecule has 0 aliphatic carbocycles. The second-order valence-electron chi connectivity index (χ2n) is 7.29. The monoisotopic (exact) mass is 402 g/mol. The van der Waals surface area contributed by atoms with Crippen LogP contribution in [0, 0.1) is 6.92 Å². The molecule has 27 heavy (non-hydrogen) atoms. The lowest BCUT2D eigenvalue weighted by Gasteiger charge is -2.15. The van der Waals surface area contributed by atoms with E-state index in [1.807, 2.05) is 39.0 Å². The molecule has 0 atom stereocenters. The molecule has 1 aliphatic heterocycles. The molecule has 0 N–H and O–H groups in total. The third-order valence-electron chi connectivity index (χ3n) is 4.62. The van der Waals surface area contributed by atoms with Crippen molar-refractivity contribution in [3.8, 4) is 0 Å². The molecule has 0 spiro atoms. The fraction of sp³-hybridized carbons (Fsp3) is 0.250. The van der Waals surface area contributed by atoms with E-state index in [0.29, 0.717) is 27.8 Å². The number of furan rings is 1. The summed E-state index contributed by atoms with van der Waals surface area (Å²) in [7, 11) is -0.445. The van der Waals surface area contributed by atoms with E-state index in [2.05, 4.69) is 0 Å². The average Bonchev–Trinajstić information content (AvgIpc) is 3.14. The minimum atomic E-state index is -0.445. The Morgan fingerprint density at radius 3 is 2.59 bits per heavy atom. The van der Waals surface area contributed by atoms with Gasteiger partial charge in [-0.15, -0.1) is 0 Å². The fourth-order valence-corrected chi connectivity index (χ4v) is 3.69. The number of ketones is 1. The van der Waals surface area contributed by atoms with Gasteiger partial charge in [0.2, 0.25) is 5.78 Å². The van der Waals surface area contributed by atoms with Gasteiger partial charge in [0.05, 0.1) is 17.2 Å². The van der Waals surface area contributed by atoms with Crippen molar-refractivity contribution in [3.05, 3.63) is 63.3 Å². The molecule has 1 aromatic heterocycles. The van der Waals surface area contributed by atoms with Gasteiger partial charge in [0, 0.05) is 21.5 Å². The maximum Gasteiger partial charge on any atom is 0.494 e. The molecule has 2 heterocycles. The van der Waals surface area contributed by atoms with Crippen LogP contribution in [0.1, 0.15) is 35.5 Å². The first-order chi connectivity index (χ1) is 12.7. The van der Waals surface area contributed by atoms with Gasteiger partial charge in [0.1, 0.15) is 5.58 Å². The van der Waals surface area contributed by atoms with Crippen LogP contribution in [-0.2, 0) is 9.31 Å². The van der Waals surface area contributed by atoms with E-state index in [1.165, 1.54) is 0 Å². The minimum Gasteiger partial charge on any atom is -0.452 e. The van der Waals surface area contributed by atoms with Gasteiger partial charge in [-0.3, -0.25) is 4.79 Å². The number of benzene rings is 2. The van der Waals surface area contributed by atoms with E-state index in [-0.39, 0.29) is 17.1 Å². The van der Waals surface area contributed by atoms with E-state index in [4.69, 9.17) is 36.9 Å². The van der Waals surface area contributed by atoms with E-state index in [9.17, 15) is 4.79 Å². The van der Waals surface area contributed by atoms with Crippen LogP contribution in [-0.4, -0.2) is 25.1 Å². The Morgan fingerprint density at radius 2 is 1.93 bits per heavy atom. The van der Waals surface area contributed by atoms with Crippen molar-refractivity contribution in [2.24, 2.45) is 0 Å². The molecular formula is C20H17BCl2O4. The summed E-state index contributed by atoms with van der Waals surface area (Å²) < 4.78 is 17.5. The second kappa shape index (κ2) is 6.68. The molecule has 1 aliphatic rings. The van der Waals surface area contributed by atoms with Gasteiger partial charge in [0.15, 0.2) is 5.76 Å². The third-order valence-corrected chi connectivity index (χ3v) is 5.17. The van der Waals surface area contributed by atoms with Gasteiger partial charge in [-0.25, -0.2) is 0 Å². The van der Waals surface area contributed by atoms with Gasteiger partial charge in [-0.1, -0.05) is 35.3 Å². The van der Waals surface area contributed by atoms with Crippen LogP contribution >= 0.6 is 23.2 Å². The smallest absolute Gasteiger partial charge is 0.452 e. The van der Waals surface area contributed by atoms with Crippen molar-refractivity contribution >= 4 is 52.5 Å². The molecule has 0 saturated carbocycles. The van der Waals surface area contributed by atoms with Gasteiger partial charge >= 0.3 is 7.12 Å². The summed E-state index contributed by atoms with van der Waals surface area (Å²) in [5, 5.41) is 1.63. The highest BCUT2D eigenvalue weighted by molar-refractivity contribution is 6.62. The molecular weight excluding hydrogens is 386 g/mol. The van der Waals surface area contributed by atoms with Crippen molar-refractivity contribution in [1.82, 2.24) is 0 Å². The Morgan fingerprint density at radius 1 is 1.15 bits per heavy atom. The molecule has 3 aromatic rings. The maximum absolute atomic E-state index is 12.9. The van der Waals surface area contributed by atoms with Crippen LogP contribution in [0.25, 0.3) is 11.0 Å². The zero-order valence-corrected chi connectivity index (χ0v) is 16.6. The summed E-state index contributed by atoms with van der Waals surface area (Å²) in [6.45, 7) is 6.34. The molecule has 1 fully saturated rings. The molecule has 0 amide bonds. The maximum atomic E-state index is 12.9. The Bertz CT molecular complexity index is 1060. The number of fused-ring (bicyclic) bond motifs is 1. The van der Waals surface area contributed by atoms with Gasteiger partial charge < -0.3 is 13.7 Å². The predicted molar refractivity (Wildman–Crippen MR) is 107 cm³/mol. The van der Waals surface area contributed by atoms with Crippen molar-refractivity contribution in [2.45, 2.75) is 26.4 Å². The zero-order valence-electron chi connectivity index (χ0n) is 15.1. The summed E-state index contributed by atoms with van der Waals surface area (Å²) in [5.74, 6) is -0.0126. The van der Waals surface area contributed by atoms with Crippen LogP contribution in [0.3, 0.4) is 0 Å². The average molecular weight is 403 g/mol.